The van der Waals surface area contributed by atoms with Gasteiger partial charge in [-0.05, 0) is 117 Å². The molecule has 0 atom stereocenters. The molecule has 1 aliphatic rings. The maximum absolute atomic E-state index is 15.3. The highest BCUT2D eigenvalue weighted by Crippen LogP contribution is 2.54. The average molecular weight is 848 g/mol. The smallest absolute Gasteiger partial charge is 0.265 e. The van der Waals surface area contributed by atoms with Crippen LogP contribution in [0.15, 0.2) is 241 Å². The van der Waals surface area contributed by atoms with Gasteiger partial charge in [-0.25, -0.2) is 0 Å². The number of para-hydroxylation sites is 2. The van der Waals surface area contributed by atoms with Crippen LogP contribution in [0.2, 0.25) is 0 Å². The lowest BCUT2D eigenvalue weighted by atomic mass is 9.82. The minimum Gasteiger partial charge on any atom is -0.310 e. The van der Waals surface area contributed by atoms with Gasteiger partial charge in [0.2, 0.25) is 0 Å². The van der Waals surface area contributed by atoms with Crippen molar-refractivity contribution in [2.45, 2.75) is 19.3 Å². The third kappa shape index (κ3) is 6.33. The van der Waals surface area contributed by atoms with Crippen LogP contribution in [0.25, 0.3) is 77.8 Å². The zero-order valence-electron chi connectivity index (χ0n) is 36.8. The Balaban J connectivity index is 1.03. The van der Waals surface area contributed by atoms with Crippen LogP contribution in [-0.4, -0.2) is 9.13 Å². The monoisotopic (exact) mass is 847 g/mol. The van der Waals surface area contributed by atoms with Gasteiger partial charge in [-0.2, -0.15) is 0 Å². The van der Waals surface area contributed by atoms with E-state index in [9.17, 15) is 0 Å². The number of nitrogens with zero attached hydrogens (tertiary/aromatic N) is 3. The van der Waals surface area contributed by atoms with E-state index in [0.717, 1.165) is 67.2 Å². The summed E-state index contributed by atoms with van der Waals surface area (Å²) in [7, 11) is 0. The van der Waals surface area contributed by atoms with E-state index in [0.29, 0.717) is 5.39 Å². The first-order valence-electron chi connectivity index (χ1n) is 22.6. The summed E-state index contributed by atoms with van der Waals surface area (Å²) >= 11 is 0. The van der Waals surface area contributed by atoms with Crippen LogP contribution in [0.3, 0.4) is 0 Å². The van der Waals surface area contributed by atoms with Gasteiger partial charge in [-0.3, -0.25) is 9.36 Å². The number of aromatic nitrogens is 2. The van der Waals surface area contributed by atoms with Crippen molar-refractivity contribution in [3.8, 4) is 56.0 Å². The van der Waals surface area contributed by atoms with Crippen LogP contribution in [0.5, 0.6) is 0 Å². The minimum absolute atomic E-state index is 0.0567. The van der Waals surface area contributed by atoms with Gasteiger partial charge in [-0.1, -0.05) is 178 Å². The molecule has 2 aromatic heterocycles. The lowest BCUT2D eigenvalue weighted by Crippen LogP contribution is -2.20. The Kier molecular flexibility index (Phi) is 9.28. The predicted molar refractivity (Wildman–Crippen MR) is 275 cm³/mol. The summed E-state index contributed by atoms with van der Waals surface area (Å²) in [6, 6.07) is 83.3. The first-order valence-corrected chi connectivity index (χ1v) is 22.6. The molecule has 0 aliphatic heterocycles. The topological polar surface area (TPSA) is 30.2 Å². The van der Waals surface area contributed by atoms with Crippen LogP contribution in [-0.2, 0) is 5.41 Å². The average Bonchev–Trinajstić information content (AvgIpc) is 3.83. The lowest BCUT2D eigenvalue weighted by molar-refractivity contribution is 0.660. The Morgan fingerprint density at radius 2 is 0.909 bits per heavy atom. The van der Waals surface area contributed by atoms with E-state index < -0.39 is 0 Å². The molecule has 2 heterocycles. The molecular weight excluding hydrogens is 803 g/mol. The van der Waals surface area contributed by atoms with Crippen molar-refractivity contribution in [2.75, 3.05) is 4.90 Å². The van der Waals surface area contributed by atoms with Gasteiger partial charge in [0.05, 0.1) is 27.8 Å². The van der Waals surface area contributed by atoms with Crippen LogP contribution >= 0.6 is 0 Å². The molecule has 0 bridgehead atoms. The molecule has 4 nitrogen and oxygen atoms in total. The highest BCUT2D eigenvalue weighted by Gasteiger charge is 2.37. The van der Waals surface area contributed by atoms with Gasteiger partial charge in [0.25, 0.3) is 5.56 Å². The molecule has 12 rings (SSSR count). The maximum atomic E-state index is 15.3. The molecule has 0 spiro atoms. The Labute approximate surface area is 384 Å². The maximum Gasteiger partial charge on any atom is 0.265 e. The van der Waals surface area contributed by atoms with E-state index >= 15 is 4.79 Å². The van der Waals surface area contributed by atoms with Crippen LogP contribution in [0.4, 0.5) is 17.1 Å². The Bertz CT molecular complexity index is 3650. The van der Waals surface area contributed by atoms with E-state index in [1.165, 1.54) is 33.4 Å². The fourth-order valence-corrected chi connectivity index (χ4v) is 10.4. The fourth-order valence-electron chi connectivity index (χ4n) is 10.4. The fraction of sp³-hybridized carbons (Fsp3) is 0.0484. The highest BCUT2D eigenvalue weighted by atomic mass is 16.1. The quantitative estimate of drug-likeness (QED) is 0.152. The summed E-state index contributed by atoms with van der Waals surface area (Å²) in [5.74, 6) is 0. The largest absolute Gasteiger partial charge is 0.310 e. The molecule has 0 amide bonds. The van der Waals surface area contributed by atoms with Gasteiger partial charge in [-0.15, -0.1) is 0 Å². The summed E-state index contributed by atoms with van der Waals surface area (Å²) in [5.41, 5.74) is 18.3. The Hall–Kier alpha value is -8.47. The van der Waals surface area contributed by atoms with Crippen molar-refractivity contribution < 1.29 is 0 Å². The zero-order valence-corrected chi connectivity index (χ0v) is 36.8. The van der Waals surface area contributed by atoms with E-state index in [2.05, 4.69) is 205 Å². The van der Waals surface area contributed by atoms with Crippen molar-refractivity contribution in [1.29, 1.82) is 0 Å². The Morgan fingerprint density at radius 3 is 1.55 bits per heavy atom. The highest BCUT2D eigenvalue weighted by molar-refractivity contribution is 6.11. The second-order valence-corrected chi connectivity index (χ2v) is 17.7. The number of hydrogen-bond acceptors (Lipinski definition) is 2. The molecule has 4 heteroatoms. The van der Waals surface area contributed by atoms with E-state index in [1.54, 1.807) is 0 Å². The summed E-state index contributed by atoms with van der Waals surface area (Å²) in [4.78, 5) is 17.7. The molecule has 11 aromatic rings. The number of rotatable bonds is 8. The van der Waals surface area contributed by atoms with Crippen LogP contribution in [0.1, 0.15) is 25.0 Å². The number of benzene rings is 9. The van der Waals surface area contributed by atoms with Crippen molar-refractivity contribution in [2.24, 2.45) is 0 Å². The van der Waals surface area contributed by atoms with Crippen LogP contribution in [0, 0.1) is 0 Å². The van der Waals surface area contributed by atoms with Crippen molar-refractivity contribution in [1.82, 2.24) is 9.13 Å². The number of fused-ring (bicyclic) bond motifs is 6. The number of hydrogen-bond donors (Lipinski definition) is 0. The summed E-state index contributed by atoms with van der Waals surface area (Å²) < 4.78 is 4.11. The van der Waals surface area contributed by atoms with Gasteiger partial charge < -0.3 is 9.47 Å². The molecule has 0 N–H and O–H groups in total. The SMILES string of the molecule is CC1(C)c2ccccc2-c2c(N(c3ccc(-c4ccccc4)cc3)c3ccc(-c4ccc5c(c4)c4c(=O)n(-c6ccccc6)c(-c6ccccc6)cc4n5-c4ccccc4)cc3)cccc21. The molecule has 9 aromatic carbocycles. The molecule has 0 radical (unpaired) electrons. The third-order valence-electron chi connectivity index (χ3n) is 13.6. The van der Waals surface area contributed by atoms with Gasteiger partial charge in [0, 0.05) is 39.1 Å². The molecule has 0 saturated carbocycles. The molecule has 66 heavy (non-hydrogen) atoms. The molecule has 0 saturated heterocycles. The molecule has 0 fully saturated rings. The lowest BCUT2D eigenvalue weighted by Gasteiger charge is -2.29. The standard InChI is InChI=1S/C62H45N3O/c1-62(2)53-27-16-15-26-51(53)59-54(62)28-17-29-56(59)63(49-35-30-43(31-36-49)42-18-7-3-8-19-42)50-37-32-44(33-38-50)46-34-39-55-52(40-46)60-58(64(55)47-22-11-5-12-23-47)41-57(45-20-9-4-10-21-45)65(61(60)66)48-24-13-6-14-25-48/h3-41H,1-2H3. The zero-order chi connectivity index (χ0) is 44.4. The van der Waals surface area contributed by atoms with E-state index in [4.69, 9.17) is 0 Å². The Morgan fingerprint density at radius 1 is 0.409 bits per heavy atom. The predicted octanol–water partition coefficient (Wildman–Crippen LogP) is 15.7. The van der Waals surface area contributed by atoms with Gasteiger partial charge in [0.15, 0.2) is 0 Å². The summed E-state index contributed by atoms with van der Waals surface area (Å²) in [6.45, 7) is 4.67. The second kappa shape index (κ2) is 15.7. The number of pyridine rings is 1. The number of anilines is 3. The normalized spacial score (nSPS) is 12.6. The van der Waals surface area contributed by atoms with E-state index in [-0.39, 0.29) is 11.0 Å². The third-order valence-corrected chi connectivity index (χ3v) is 13.6. The van der Waals surface area contributed by atoms with E-state index in [1.807, 2.05) is 59.2 Å². The first kappa shape index (κ1) is 39.1. The first-order chi connectivity index (χ1) is 32.4. The van der Waals surface area contributed by atoms with Crippen LogP contribution < -0.4 is 10.5 Å². The molecular formula is C62H45N3O. The second-order valence-electron chi connectivity index (χ2n) is 17.7. The minimum atomic E-state index is -0.135. The molecule has 0 unspecified atom stereocenters. The van der Waals surface area contributed by atoms with Crippen molar-refractivity contribution in [3.05, 3.63) is 258 Å². The molecule has 1 aliphatic carbocycles. The van der Waals surface area contributed by atoms with Gasteiger partial charge in [0.1, 0.15) is 0 Å². The molecule has 314 valence electrons. The van der Waals surface area contributed by atoms with Crippen molar-refractivity contribution in [3.63, 3.8) is 0 Å². The summed E-state index contributed by atoms with van der Waals surface area (Å²) in [5, 5.41) is 1.59. The van der Waals surface area contributed by atoms with Crippen molar-refractivity contribution >= 4 is 38.9 Å². The van der Waals surface area contributed by atoms with Gasteiger partial charge >= 0.3 is 0 Å². The summed E-state index contributed by atoms with van der Waals surface area (Å²) in [6.07, 6.45) is 0.